The Labute approximate surface area is 124 Å². The van der Waals surface area contributed by atoms with Crippen molar-refractivity contribution >= 4 is 16.9 Å². The van der Waals surface area contributed by atoms with Gasteiger partial charge in [-0.15, -0.1) is 0 Å². The molecule has 5 heteroatoms. The van der Waals surface area contributed by atoms with Crippen LogP contribution in [0, 0.1) is 12.8 Å². The summed E-state index contributed by atoms with van der Waals surface area (Å²) in [5.41, 5.74) is 2.14. The molecule has 1 aromatic heterocycles. The maximum atomic E-state index is 12.1. The molecule has 2 aromatic rings. The smallest absolute Gasteiger partial charge is 0.224 e. The molecular weight excluding hydrogens is 264 g/mol. The Hall–Kier alpha value is -1.88. The first-order valence-corrected chi connectivity index (χ1v) is 7.66. The van der Waals surface area contributed by atoms with Crippen molar-refractivity contribution in [3.05, 3.63) is 30.1 Å². The number of piperidine rings is 1. The minimum atomic E-state index is 0.124. The molecule has 1 amide bonds. The van der Waals surface area contributed by atoms with Gasteiger partial charge < -0.3 is 15.2 Å². The normalized spacial score (nSPS) is 18.8. The Balaban J connectivity index is 1.59. The van der Waals surface area contributed by atoms with Gasteiger partial charge in [-0.3, -0.25) is 4.79 Å². The summed E-state index contributed by atoms with van der Waals surface area (Å²) in [5, 5.41) is 6.33. The van der Waals surface area contributed by atoms with Crippen molar-refractivity contribution in [3.8, 4) is 0 Å². The number of amides is 1. The maximum Gasteiger partial charge on any atom is 0.224 e. The molecule has 1 aliphatic heterocycles. The van der Waals surface area contributed by atoms with Crippen molar-refractivity contribution in [1.29, 1.82) is 0 Å². The van der Waals surface area contributed by atoms with E-state index < -0.39 is 0 Å². The third kappa shape index (κ3) is 3.08. The minimum Gasteiger partial charge on any atom is -0.354 e. The lowest BCUT2D eigenvalue weighted by Gasteiger charge is -2.22. The van der Waals surface area contributed by atoms with Crippen LogP contribution >= 0.6 is 0 Å². The van der Waals surface area contributed by atoms with Gasteiger partial charge in [-0.2, -0.15) is 0 Å². The molecule has 5 nitrogen and oxygen atoms in total. The summed E-state index contributed by atoms with van der Waals surface area (Å²) in [6.07, 6.45) is 2.08. The summed E-state index contributed by atoms with van der Waals surface area (Å²) in [7, 11) is 0. The van der Waals surface area contributed by atoms with E-state index in [2.05, 4.69) is 26.3 Å². The number of nitrogens with zero attached hydrogens (tertiary/aromatic N) is 2. The summed E-state index contributed by atoms with van der Waals surface area (Å²) in [5.74, 6) is 1.29. The molecule has 2 heterocycles. The van der Waals surface area contributed by atoms with Crippen LogP contribution in [0.1, 0.15) is 18.7 Å². The van der Waals surface area contributed by atoms with Crippen LogP contribution in [0.15, 0.2) is 24.3 Å². The number of imidazole rings is 1. The van der Waals surface area contributed by atoms with E-state index in [4.69, 9.17) is 0 Å². The van der Waals surface area contributed by atoms with Gasteiger partial charge in [0.2, 0.25) is 5.91 Å². The molecule has 112 valence electrons. The quantitative estimate of drug-likeness (QED) is 0.894. The lowest BCUT2D eigenvalue weighted by atomic mass is 9.99. The van der Waals surface area contributed by atoms with E-state index in [1.54, 1.807) is 0 Å². The lowest BCUT2D eigenvalue weighted by molar-refractivity contribution is -0.125. The average Bonchev–Trinajstić information content (AvgIpc) is 2.84. The maximum absolute atomic E-state index is 12.1. The number of carbonyl (C=O) groups is 1. The highest BCUT2D eigenvalue weighted by Gasteiger charge is 2.20. The molecule has 1 unspecified atom stereocenters. The zero-order valence-corrected chi connectivity index (χ0v) is 12.4. The summed E-state index contributed by atoms with van der Waals surface area (Å²) in [6.45, 7) is 5.25. The number of aryl methyl sites for hydroxylation is 1. The van der Waals surface area contributed by atoms with E-state index in [1.165, 1.54) is 0 Å². The molecular formula is C16H22N4O. The number of rotatable bonds is 4. The van der Waals surface area contributed by atoms with Crippen molar-refractivity contribution in [3.63, 3.8) is 0 Å². The van der Waals surface area contributed by atoms with E-state index >= 15 is 0 Å². The van der Waals surface area contributed by atoms with Gasteiger partial charge in [-0.1, -0.05) is 12.1 Å². The second kappa shape index (κ2) is 6.26. The predicted molar refractivity (Wildman–Crippen MR) is 83.1 cm³/mol. The lowest BCUT2D eigenvalue weighted by Crippen LogP contribution is -2.41. The first-order valence-electron chi connectivity index (χ1n) is 7.66. The summed E-state index contributed by atoms with van der Waals surface area (Å²) in [4.78, 5) is 16.6. The highest BCUT2D eigenvalue weighted by Crippen LogP contribution is 2.15. The third-order valence-corrected chi connectivity index (χ3v) is 4.15. The molecule has 3 rings (SSSR count). The third-order valence-electron chi connectivity index (χ3n) is 4.15. The zero-order valence-electron chi connectivity index (χ0n) is 12.4. The standard InChI is InChI=1S/C16H22N4O/c1-12-19-14-6-2-3-7-15(14)20(12)10-9-18-16(21)13-5-4-8-17-11-13/h2-3,6-7,13,17H,4-5,8-11H2,1H3,(H,18,21). The van der Waals surface area contributed by atoms with Crippen molar-refractivity contribution in [2.45, 2.75) is 26.3 Å². The van der Waals surface area contributed by atoms with Crippen LogP contribution in [0.25, 0.3) is 11.0 Å². The van der Waals surface area contributed by atoms with Gasteiger partial charge in [0, 0.05) is 19.6 Å². The summed E-state index contributed by atoms with van der Waals surface area (Å²) in [6, 6.07) is 8.11. The van der Waals surface area contributed by atoms with Crippen molar-refractivity contribution < 1.29 is 4.79 Å². The summed E-state index contributed by atoms with van der Waals surface area (Å²) < 4.78 is 2.16. The van der Waals surface area contributed by atoms with Gasteiger partial charge in [0.15, 0.2) is 0 Å². The second-order valence-electron chi connectivity index (χ2n) is 5.63. The fraction of sp³-hybridized carbons (Fsp3) is 0.500. The first-order chi connectivity index (χ1) is 10.3. The second-order valence-corrected chi connectivity index (χ2v) is 5.63. The first kappa shape index (κ1) is 14.1. The van der Waals surface area contributed by atoms with E-state index in [0.29, 0.717) is 6.54 Å². The number of carbonyl (C=O) groups excluding carboxylic acids is 1. The molecule has 0 aliphatic carbocycles. The molecule has 1 saturated heterocycles. The van der Waals surface area contributed by atoms with Gasteiger partial charge in [0.1, 0.15) is 5.82 Å². The van der Waals surface area contributed by atoms with Crippen molar-refractivity contribution in [2.24, 2.45) is 5.92 Å². The number of aromatic nitrogens is 2. The van der Waals surface area contributed by atoms with Crippen LogP contribution in [0.4, 0.5) is 0 Å². The monoisotopic (exact) mass is 286 g/mol. The van der Waals surface area contributed by atoms with E-state index in [-0.39, 0.29) is 11.8 Å². The molecule has 1 fully saturated rings. The Kier molecular flexibility index (Phi) is 4.20. The van der Waals surface area contributed by atoms with E-state index in [0.717, 1.165) is 49.3 Å². The van der Waals surface area contributed by atoms with Crippen molar-refractivity contribution in [1.82, 2.24) is 20.2 Å². The molecule has 1 aliphatic rings. The SMILES string of the molecule is Cc1nc2ccccc2n1CCNC(=O)C1CCCNC1. The number of fused-ring (bicyclic) bond motifs is 1. The minimum absolute atomic E-state index is 0.124. The topological polar surface area (TPSA) is 59.0 Å². The molecule has 21 heavy (non-hydrogen) atoms. The number of para-hydroxylation sites is 2. The molecule has 2 N–H and O–H groups in total. The van der Waals surface area contributed by atoms with Crippen LogP contribution in [-0.4, -0.2) is 35.1 Å². The zero-order chi connectivity index (χ0) is 14.7. The average molecular weight is 286 g/mol. The Morgan fingerprint density at radius 1 is 1.48 bits per heavy atom. The summed E-state index contributed by atoms with van der Waals surface area (Å²) >= 11 is 0. The Morgan fingerprint density at radius 3 is 3.14 bits per heavy atom. The van der Waals surface area contributed by atoms with E-state index in [9.17, 15) is 4.79 Å². The van der Waals surface area contributed by atoms with Crippen LogP contribution in [0.5, 0.6) is 0 Å². The van der Waals surface area contributed by atoms with E-state index in [1.807, 2.05) is 25.1 Å². The molecule has 1 atom stereocenters. The fourth-order valence-corrected chi connectivity index (χ4v) is 2.99. The number of nitrogens with one attached hydrogen (secondary N) is 2. The van der Waals surface area contributed by atoms with Crippen LogP contribution in [0.2, 0.25) is 0 Å². The predicted octanol–water partition coefficient (Wildman–Crippen LogP) is 1.46. The molecule has 0 spiro atoms. The molecule has 0 bridgehead atoms. The van der Waals surface area contributed by atoms with Gasteiger partial charge in [-0.25, -0.2) is 4.98 Å². The molecule has 0 radical (unpaired) electrons. The fourth-order valence-electron chi connectivity index (χ4n) is 2.99. The van der Waals surface area contributed by atoms with Crippen LogP contribution in [-0.2, 0) is 11.3 Å². The highest BCUT2D eigenvalue weighted by atomic mass is 16.1. The molecule has 0 saturated carbocycles. The largest absolute Gasteiger partial charge is 0.354 e. The Bertz CT molecular complexity index is 628. The van der Waals surface area contributed by atoms with Gasteiger partial charge in [0.05, 0.1) is 17.0 Å². The van der Waals surface area contributed by atoms with Gasteiger partial charge >= 0.3 is 0 Å². The molecule has 1 aromatic carbocycles. The number of hydrogen-bond acceptors (Lipinski definition) is 3. The van der Waals surface area contributed by atoms with Crippen LogP contribution in [0.3, 0.4) is 0 Å². The number of hydrogen-bond donors (Lipinski definition) is 2. The van der Waals surface area contributed by atoms with Crippen molar-refractivity contribution in [2.75, 3.05) is 19.6 Å². The van der Waals surface area contributed by atoms with Gasteiger partial charge in [0.25, 0.3) is 0 Å². The van der Waals surface area contributed by atoms with Gasteiger partial charge in [-0.05, 0) is 38.4 Å². The number of benzene rings is 1. The highest BCUT2D eigenvalue weighted by molar-refractivity contribution is 5.79. The van der Waals surface area contributed by atoms with Crippen LogP contribution < -0.4 is 10.6 Å². The Morgan fingerprint density at radius 2 is 2.33 bits per heavy atom.